The first-order valence-electron chi connectivity index (χ1n) is 9.79. The van der Waals surface area contributed by atoms with Crippen LogP contribution in [0, 0.1) is 17.6 Å². The Morgan fingerprint density at radius 3 is 2.74 bits per heavy atom. The average Bonchev–Trinajstić information content (AvgIpc) is 2.68. The van der Waals surface area contributed by atoms with Crippen LogP contribution in [0.3, 0.4) is 0 Å². The number of nitrogens with one attached hydrogen (secondary N) is 2. The molecule has 2 rings (SSSR count). The van der Waals surface area contributed by atoms with Gasteiger partial charge in [-0.1, -0.05) is 0 Å². The third kappa shape index (κ3) is 7.81. The fraction of sp³-hybridized carbons (Fsp3) is 0.650. The average molecular weight is 382 g/mol. The Kier molecular flexibility index (Phi) is 9.48. The van der Waals surface area contributed by atoms with Gasteiger partial charge in [-0.05, 0) is 69.0 Å². The Bertz CT molecular complexity index is 589. The van der Waals surface area contributed by atoms with Crippen LogP contribution in [-0.2, 0) is 11.2 Å². The van der Waals surface area contributed by atoms with Gasteiger partial charge >= 0.3 is 0 Å². The van der Waals surface area contributed by atoms with Crippen molar-refractivity contribution in [1.82, 2.24) is 15.5 Å². The summed E-state index contributed by atoms with van der Waals surface area (Å²) in [4.78, 5) is 7.11. The molecular formula is C20H32F2N4O. The molecule has 0 unspecified atom stereocenters. The molecule has 2 N–H and O–H groups in total. The summed E-state index contributed by atoms with van der Waals surface area (Å²) >= 11 is 0. The molecule has 0 aliphatic carbocycles. The van der Waals surface area contributed by atoms with Gasteiger partial charge in [-0.2, -0.15) is 0 Å². The van der Waals surface area contributed by atoms with E-state index in [1.165, 1.54) is 12.1 Å². The minimum Gasteiger partial charge on any atom is -0.383 e. The fourth-order valence-electron chi connectivity index (χ4n) is 3.23. The van der Waals surface area contributed by atoms with E-state index in [0.29, 0.717) is 24.4 Å². The highest BCUT2D eigenvalue weighted by atomic mass is 19.1. The molecule has 7 heteroatoms. The summed E-state index contributed by atoms with van der Waals surface area (Å²) in [6.45, 7) is 8.01. The van der Waals surface area contributed by atoms with Crippen LogP contribution in [0.5, 0.6) is 0 Å². The van der Waals surface area contributed by atoms with Gasteiger partial charge in [0.15, 0.2) is 5.96 Å². The number of halogens is 2. The highest BCUT2D eigenvalue weighted by Crippen LogP contribution is 2.17. The zero-order valence-electron chi connectivity index (χ0n) is 16.4. The molecule has 1 heterocycles. The molecule has 1 aliphatic rings. The van der Waals surface area contributed by atoms with Crippen LogP contribution < -0.4 is 10.6 Å². The lowest BCUT2D eigenvalue weighted by molar-refractivity contribution is 0.121. The van der Waals surface area contributed by atoms with Crippen LogP contribution in [0.1, 0.15) is 25.3 Å². The minimum atomic E-state index is -0.413. The molecule has 0 spiro atoms. The first-order chi connectivity index (χ1) is 13.1. The highest BCUT2D eigenvalue weighted by molar-refractivity contribution is 5.79. The number of ether oxygens (including phenoxy) is 1. The lowest BCUT2D eigenvalue weighted by atomic mass is 9.97. The molecule has 1 aromatic carbocycles. The predicted octanol–water partition coefficient (Wildman–Crippen LogP) is 2.42. The zero-order valence-corrected chi connectivity index (χ0v) is 16.4. The maximum absolute atomic E-state index is 13.7. The first kappa shape index (κ1) is 21.6. The predicted molar refractivity (Wildman–Crippen MR) is 105 cm³/mol. The van der Waals surface area contributed by atoms with E-state index < -0.39 is 5.82 Å². The molecule has 0 radical (unpaired) electrons. The van der Waals surface area contributed by atoms with Crippen LogP contribution in [0.15, 0.2) is 23.2 Å². The monoisotopic (exact) mass is 382 g/mol. The van der Waals surface area contributed by atoms with E-state index in [0.717, 1.165) is 64.2 Å². The zero-order chi connectivity index (χ0) is 19.5. The van der Waals surface area contributed by atoms with Crippen molar-refractivity contribution in [3.63, 3.8) is 0 Å². The van der Waals surface area contributed by atoms with E-state index in [9.17, 15) is 8.78 Å². The van der Waals surface area contributed by atoms with Crippen LogP contribution in [0.25, 0.3) is 0 Å². The van der Waals surface area contributed by atoms with Gasteiger partial charge in [0.05, 0.1) is 6.61 Å². The normalized spacial score (nSPS) is 16.5. The van der Waals surface area contributed by atoms with Crippen molar-refractivity contribution < 1.29 is 13.5 Å². The number of benzene rings is 1. The van der Waals surface area contributed by atoms with E-state index in [4.69, 9.17) is 4.74 Å². The Morgan fingerprint density at radius 1 is 1.26 bits per heavy atom. The van der Waals surface area contributed by atoms with Crippen molar-refractivity contribution in [3.05, 3.63) is 35.4 Å². The number of likely N-dealkylation sites (tertiary alicyclic amines) is 1. The smallest absolute Gasteiger partial charge is 0.191 e. The van der Waals surface area contributed by atoms with E-state index in [1.807, 2.05) is 6.92 Å². The van der Waals surface area contributed by atoms with E-state index in [2.05, 4.69) is 20.5 Å². The molecule has 1 aliphatic heterocycles. The molecule has 1 fully saturated rings. The van der Waals surface area contributed by atoms with Crippen molar-refractivity contribution in [3.8, 4) is 0 Å². The van der Waals surface area contributed by atoms with E-state index in [1.54, 1.807) is 7.11 Å². The molecule has 0 atom stereocenters. The standard InChI is InChI=1S/C20H32F2N4O/c1-3-23-20(24-9-6-17-14-18(21)4-5-19(17)22)25-15-16-7-10-26(11-8-16)12-13-27-2/h4-5,14,16H,3,6-13,15H2,1-2H3,(H2,23,24,25). The molecular weight excluding hydrogens is 350 g/mol. The van der Waals surface area contributed by atoms with Gasteiger partial charge in [0, 0.05) is 33.3 Å². The largest absolute Gasteiger partial charge is 0.383 e. The second-order valence-electron chi connectivity index (χ2n) is 6.91. The molecule has 1 aromatic rings. The SMILES string of the molecule is CCNC(=NCC1CCN(CCOC)CC1)NCCc1cc(F)ccc1F. The van der Waals surface area contributed by atoms with Gasteiger partial charge in [-0.3, -0.25) is 4.99 Å². The molecule has 152 valence electrons. The summed E-state index contributed by atoms with van der Waals surface area (Å²) in [6.07, 6.45) is 2.69. The lowest BCUT2D eigenvalue weighted by Gasteiger charge is -2.31. The van der Waals surface area contributed by atoms with Crippen molar-refractivity contribution in [2.75, 3.05) is 53.0 Å². The van der Waals surface area contributed by atoms with Crippen molar-refractivity contribution in [1.29, 1.82) is 0 Å². The first-order valence-corrected chi connectivity index (χ1v) is 9.79. The molecule has 0 saturated carbocycles. The van der Waals surface area contributed by atoms with E-state index in [-0.39, 0.29) is 5.82 Å². The second-order valence-corrected chi connectivity index (χ2v) is 6.91. The molecule has 5 nitrogen and oxygen atoms in total. The maximum Gasteiger partial charge on any atom is 0.191 e. The summed E-state index contributed by atoms with van der Waals surface area (Å²) in [5.41, 5.74) is 0.377. The van der Waals surface area contributed by atoms with E-state index >= 15 is 0 Å². The Labute approximate surface area is 161 Å². The summed E-state index contributed by atoms with van der Waals surface area (Å²) < 4.78 is 32.1. The van der Waals surface area contributed by atoms with Gasteiger partial charge < -0.3 is 20.3 Å². The number of guanidine groups is 1. The number of piperidine rings is 1. The van der Waals surface area contributed by atoms with Gasteiger partial charge in [0.2, 0.25) is 0 Å². The Morgan fingerprint density at radius 2 is 2.04 bits per heavy atom. The molecule has 27 heavy (non-hydrogen) atoms. The van der Waals surface area contributed by atoms with Crippen molar-refractivity contribution in [2.24, 2.45) is 10.9 Å². The molecule has 0 aromatic heterocycles. The number of methoxy groups -OCH3 is 1. The minimum absolute atomic E-state index is 0.375. The van der Waals surface area contributed by atoms with Crippen LogP contribution >= 0.6 is 0 Å². The Balaban J connectivity index is 1.76. The van der Waals surface area contributed by atoms with Gasteiger partial charge in [-0.25, -0.2) is 8.78 Å². The number of nitrogens with zero attached hydrogens (tertiary/aromatic N) is 2. The number of hydrogen-bond donors (Lipinski definition) is 2. The topological polar surface area (TPSA) is 48.9 Å². The molecule has 0 bridgehead atoms. The second kappa shape index (κ2) is 11.9. The van der Waals surface area contributed by atoms with Crippen LogP contribution in [-0.4, -0.2) is 63.8 Å². The summed E-state index contributed by atoms with van der Waals surface area (Å²) in [5, 5.41) is 6.43. The molecule has 1 saturated heterocycles. The summed E-state index contributed by atoms with van der Waals surface area (Å²) in [5.74, 6) is 0.528. The van der Waals surface area contributed by atoms with Gasteiger partial charge in [0.1, 0.15) is 11.6 Å². The number of hydrogen-bond acceptors (Lipinski definition) is 3. The summed E-state index contributed by atoms with van der Waals surface area (Å²) in [7, 11) is 1.74. The van der Waals surface area contributed by atoms with Crippen LogP contribution in [0.2, 0.25) is 0 Å². The van der Waals surface area contributed by atoms with Crippen molar-refractivity contribution >= 4 is 5.96 Å². The fourth-order valence-corrected chi connectivity index (χ4v) is 3.23. The molecule has 0 amide bonds. The van der Waals surface area contributed by atoms with Crippen LogP contribution in [0.4, 0.5) is 8.78 Å². The number of aliphatic imine (C=N–C) groups is 1. The highest BCUT2D eigenvalue weighted by Gasteiger charge is 2.18. The summed E-state index contributed by atoms with van der Waals surface area (Å²) in [6, 6.07) is 3.56. The number of rotatable bonds is 9. The van der Waals surface area contributed by atoms with Gasteiger partial charge in [0.25, 0.3) is 0 Å². The quantitative estimate of drug-likeness (QED) is 0.509. The lowest BCUT2D eigenvalue weighted by Crippen LogP contribution is -2.40. The third-order valence-electron chi connectivity index (χ3n) is 4.87. The Hall–Kier alpha value is -1.73. The van der Waals surface area contributed by atoms with Crippen molar-refractivity contribution in [2.45, 2.75) is 26.2 Å². The third-order valence-corrected chi connectivity index (χ3v) is 4.87. The van der Waals surface area contributed by atoms with Gasteiger partial charge in [-0.15, -0.1) is 0 Å². The maximum atomic E-state index is 13.7.